The third-order valence-electron chi connectivity index (χ3n) is 10.1. The van der Waals surface area contributed by atoms with Crippen LogP contribution in [0.2, 0.25) is 0 Å². The quantitative estimate of drug-likeness (QED) is 0.0481. The molecule has 4 atom stereocenters. The SMILES string of the molecule is CCN(C(=O)OCC1c2ccccc2-c2ccccc21)[C@H](C[C@@H](OC(C)=O)c1nc(C(=O)N[C@@H](Cc2ccc([N+](=O)[O-])cc2)C[C@H](C)C(=O)OC)cs1)C(C)C. The number of ether oxygens (including phenoxy) is 3. The number of nitrogens with zero attached hydrogens (tertiary/aromatic N) is 3. The molecular formula is C42H48N4O9S. The van der Waals surface area contributed by atoms with Crippen molar-refractivity contribution in [2.24, 2.45) is 11.8 Å². The van der Waals surface area contributed by atoms with Crippen LogP contribution in [0.15, 0.2) is 78.2 Å². The minimum atomic E-state index is -0.864. The predicted octanol–water partition coefficient (Wildman–Crippen LogP) is 7.88. The summed E-state index contributed by atoms with van der Waals surface area (Å²) in [5.74, 6) is -2.20. The van der Waals surface area contributed by atoms with Crippen LogP contribution in [0.25, 0.3) is 11.1 Å². The average molecular weight is 785 g/mol. The Hall–Kier alpha value is -5.63. The number of aromatic nitrogens is 1. The molecule has 0 fully saturated rings. The summed E-state index contributed by atoms with van der Waals surface area (Å²) in [6.45, 7) is 9.34. The first-order valence-corrected chi connectivity index (χ1v) is 19.5. The van der Waals surface area contributed by atoms with Crippen molar-refractivity contribution < 1.29 is 38.3 Å². The van der Waals surface area contributed by atoms with Crippen LogP contribution in [0.4, 0.5) is 10.5 Å². The average Bonchev–Trinajstić information content (AvgIpc) is 3.80. The number of amides is 2. The molecule has 1 aliphatic rings. The molecule has 0 bridgehead atoms. The number of esters is 2. The Morgan fingerprint density at radius 3 is 2.12 bits per heavy atom. The normalized spacial score (nSPS) is 14.1. The van der Waals surface area contributed by atoms with Crippen LogP contribution in [0.5, 0.6) is 0 Å². The van der Waals surface area contributed by atoms with Gasteiger partial charge in [-0.1, -0.05) is 81.4 Å². The molecule has 4 aromatic rings. The first-order valence-electron chi connectivity index (χ1n) is 18.7. The lowest BCUT2D eigenvalue weighted by Crippen LogP contribution is -2.45. The van der Waals surface area contributed by atoms with Gasteiger partial charge >= 0.3 is 18.0 Å². The fraction of sp³-hybridized carbons (Fsp3) is 0.405. The lowest BCUT2D eigenvalue weighted by Gasteiger charge is -2.35. The molecule has 3 aromatic carbocycles. The van der Waals surface area contributed by atoms with Crippen molar-refractivity contribution in [2.75, 3.05) is 20.3 Å². The molecule has 14 heteroatoms. The van der Waals surface area contributed by atoms with Crippen molar-refractivity contribution in [3.05, 3.63) is 116 Å². The Morgan fingerprint density at radius 2 is 1.57 bits per heavy atom. The molecule has 56 heavy (non-hydrogen) atoms. The van der Waals surface area contributed by atoms with Crippen LogP contribution < -0.4 is 5.32 Å². The fourth-order valence-corrected chi connectivity index (χ4v) is 8.15. The number of nitro groups is 1. The largest absolute Gasteiger partial charge is 0.469 e. The zero-order chi connectivity index (χ0) is 40.5. The van der Waals surface area contributed by atoms with E-state index in [4.69, 9.17) is 14.2 Å². The Morgan fingerprint density at radius 1 is 0.946 bits per heavy atom. The first-order chi connectivity index (χ1) is 26.8. The number of benzene rings is 3. The molecule has 0 unspecified atom stereocenters. The summed E-state index contributed by atoms with van der Waals surface area (Å²) in [6.07, 6.45) is -0.604. The van der Waals surface area contributed by atoms with Crippen LogP contribution in [0.1, 0.15) is 91.7 Å². The molecule has 0 radical (unpaired) electrons. The van der Waals surface area contributed by atoms with Crippen molar-refractivity contribution >= 4 is 41.0 Å². The van der Waals surface area contributed by atoms with Crippen molar-refractivity contribution in [1.82, 2.24) is 15.2 Å². The predicted molar refractivity (Wildman–Crippen MR) is 211 cm³/mol. The standard InChI is InChI=1S/C42H48N4O9S/c1-7-45(42(50)54-23-35-33-14-10-8-12-31(33)32-13-9-11-15-34(32)35)37(25(2)3)22-38(55-27(5)47)40-44-36(24-56-40)39(48)43-29(20-26(4)41(49)53-6)21-28-16-18-30(19-17-28)46(51)52/h8-19,24-26,29,35,37-38H,7,20-23H2,1-6H3,(H,43,48)/t26-,29+,37+,38+/m0/s1. The van der Waals surface area contributed by atoms with Gasteiger partial charge in [-0.25, -0.2) is 9.78 Å². The van der Waals surface area contributed by atoms with E-state index >= 15 is 0 Å². The van der Waals surface area contributed by atoms with Gasteiger partial charge in [0.15, 0.2) is 6.10 Å². The van der Waals surface area contributed by atoms with Gasteiger partial charge in [-0.15, -0.1) is 11.3 Å². The molecule has 296 valence electrons. The van der Waals surface area contributed by atoms with Gasteiger partial charge in [-0.3, -0.25) is 24.5 Å². The van der Waals surface area contributed by atoms with Gasteiger partial charge in [0.2, 0.25) is 0 Å². The number of carbonyl (C=O) groups is 4. The number of fused-ring (bicyclic) bond motifs is 3. The van der Waals surface area contributed by atoms with Gasteiger partial charge < -0.3 is 24.4 Å². The molecule has 1 N–H and O–H groups in total. The number of methoxy groups -OCH3 is 1. The summed E-state index contributed by atoms with van der Waals surface area (Å²) >= 11 is 1.16. The van der Waals surface area contributed by atoms with Crippen LogP contribution in [0, 0.1) is 22.0 Å². The summed E-state index contributed by atoms with van der Waals surface area (Å²) in [5.41, 5.74) is 5.24. The third-order valence-corrected chi connectivity index (χ3v) is 11.0. The zero-order valence-electron chi connectivity index (χ0n) is 32.4. The molecule has 5 rings (SSSR count). The second-order valence-corrected chi connectivity index (χ2v) is 15.2. The van der Waals surface area contributed by atoms with Gasteiger partial charge in [-0.05, 0) is 53.5 Å². The summed E-state index contributed by atoms with van der Waals surface area (Å²) in [5, 5.41) is 16.1. The summed E-state index contributed by atoms with van der Waals surface area (Å²) < 4.78 is 16.7. The number of rotatable bonds is 17. The molecular weight excluding hydrogens is 737 g/mol. The highest BCUT2D eigenvalue weighted by molar-refractivity contribution is 7.09. The molecule has 1 heterocycles. The second kappa shape index (κ2) is 18.8. The number of carbonyl (C=O) groups excluding carboxylic acids is 4. The number of non-ortho nitro benzene ring substituents is 1. The maximum atomic E-state index is 13.8. The summed E-state index contributed by atoms with van der Waals surface area (Å²) in [7, 11) is 1.29. The van der Waals surface area contributed by atoms with Gasteiger partial charge in [-0.2, -0.15) is 0 Å². The Bertz CT molecular complexity index is 1990. The molecule has 1 aliphatic carbocycles. The number of nitro benzene ring substituents is 1. The number of hydrogen-bond acceptors (Lipinski definition) is 11. The molecule has 0 saturated carbocycles. The van der Waals surface area contributed by atoms with Crippen LogP contribution >= 0.6 is 11.3 Å². The van der Waals surface area contributed by atoms with E-state index in [1.165, 1.54) is 26.2 Å². The smallest absolute Gasteiger partial charge is 0.410 e. The number of thiazole rings is 1. The topological polar surface area (TPSA) is 167 Å². The Kier molecular flexibility index (Phi) is 13.9. The highest BCUT2D eigenvalue weighted by Gasteiger charge is 2.35. The van der Waals surface area contributed by atoms with E-state index in [-0.39, 0.29) is 49.1 Å². The van der Waals surface area contributed by atoms with E-state index in [0.29, 0.717) is 11.6 Å². The van der Waals surface area contributed by atoms with Crippen molar-refractivity contribution in [2.45, 2.75) is 78.0 Å². The van der Waals surface area contributed by atoms with Gasteiger partial charge in [0, 0.05) is 55.4 Å². The third kappa shape index (κ3) is 9.96. The second-order valence-electron chi connectivity index (χ2n) is 14.3. The van der Waals surface area contributed by atoms with Crippen LogP contribution in [-0.4, -0.2) is 71.1 Å². The van der Waals surface area contributed by atoms with E-state index in [2.05, 4.69) is 34.6 Å². The molecule has 2 amide bonds. The molecule has 1 aromatic heterocycles. The maximum absolute atomic E-state index is 13.8. The van der Waals surface area contributed by atoms with Gasteiger partial charge in [0.1, 0.15) is 17.3 Å². The summed E-state index contributed by atoms with van der Waals surface area (Å²) in [6, 6.07) is 21.3. The minimum absolute atomic E-state index is 0.0605. The highest BCUT2D eigenvalue weighted by atomic mass is 32.1. The number of nitrogens with one attached hydrogen (secondary N) is 1. The number of hydrogen-bond donors (Lipinski definition) is 1. The van der Waals surface area contributed by atoms with E-state index in [0.717, 1.165) is 39.2 Å². The van der Waals surface area contributed by atoms with Crippen LogP contribution in [0.3, 0.4) is 0 Å². The van der Waals surface area contributed by atoms with Crippen molar-refractivity contribution in [3.8, 4) is 11.1 Å². The fourth-order valence-electron chi connectivity index (χ4n) is 7.31. The maximum Gasteiger partial charge on any atom is 0.410 e. The highest BCUT2D eigenvalue weighted by Crippen LogP contribution is 2.44. The van der Waals surface area contributed by atoms with E-state index in [1.807, 2.05) is 45.0 Å². The lowest BCUT2D eigenvalue weighted by molar-refractivity contribution is -0.384. The van der Waals surface area contributed by atoms with E-state index in [9.17, 15) is 29.3 Å². The lowest BCUT2D eigenvalue weighted by atomic mass is 9.95. The summed E-state index contributed by atoms with van der Waals surface area (Å²) in [4.78, 5) is 69.0. The Balaban J connectivity index is 1.30. The van der Waals surface area contributed by atoms with Crippen molar-refractivity contribution in [3.63, 3.8) is 0 Å². The van der Waals surface area contributed by atoms with E-state index < -0.39 is 53.0 Å². The molecule has 0 saturated heterocycles. The van der Waals surface area contributed by atoms with Gasteiger partial charge in [0.05, 0.1) is 18.0 Å². The van der Waals surface area contributed by atoms with Crippen molar-refractivity contribution in [1.29, 1.82) is 0 Å². The zero-order valence-corrected chi connectivity index (χ0v) is 33.2. The minimum Gasteiger partial charge on any atom is -0.469 e. The monoisotopic (exact) mass is 784 g/mol. The molecule has 0 spiro atoms. The van der Waals surface area contributed by atoms with Gasteiger partial charge in [0.25, 0.3) is 11.6 Å². The Labute approximate surface area is 330 Å². The van der Waals surface area contributed by atoms with Crippen LogP contribution in [-0.2, 0) is 30.2 Å². The molecule has 0 aliphatic heterocycles. The first kappa shape index (κ1) is 41.5. The van der Waals surface area contributed by atoms with E-state index in [1.54, 1.807) is 29.3 Å². The molecule has 13 nitrogen and oxygen atoms in total.